The number of amides is 2. The van der Waals surface area contributed by atoms with Crippen LogP contribution in [-0.4, -0.2) is 55.3 Å². The van der Waals surface area contributed by atoms with Crippen molar-refractivity contribution in [3.63, 3.8) is 0 Å². The Balaban J connectivity index is 2.48. The molecule has 0 heterocycles. The largest absolute Gasteiger partial charge is 0.342 e. The van der Waals surface area contributed by atoms with Gasteiger partial charge in [-0.2, -0.15) is 0 Å². The van der Waals surface area contributed by atoms with Crippen molar-refractivity contribution in [1.29, 1.82) is 0 Å². The maximum Gasteiger partial charge on any atom is 0.226 e. The minimum Gasteiger partial charge on any atom is -0.342 e. The van der Waals surface area contributed by atoms with Crippen LogP contribution in [0.5, 0.6) is 0 Å². The highest BCUT2D eigenvalue weighted by atomic mass is 16.2. The number of hydrogen-bond donors (Lipinski definition) is 1. The van der Waals surface area contributed by atoms with E-state index in [4.69, 9.17) is 0 Å². The summed E-state index contributed by atoms with van der Waals surface area (Å²) in [4.78, 5) is 27.7. The maximum absolute atomic E-state index is 12.1. The highest BCUT2D eigenvalue weighted by Gasteiger charge is 2.14. The highest BCUT2D eigenvalue weighted by Crippen LogP contribution is 2.23. The first-order chi connectivity index (χ1) is 11.6. The first-order valence-electron chi connectivity index (χ1n) is 8.90. The molecule has 0 aliphatic rings. The van der Waals surface area contributed by atoms with Gasteiger partial charge in [-0.3, -0.25) is 9.59 Å². The number of nitrogens with zero attached hydrogens (tertiary/aromatic N) is 2. The van der Waals surface area contributed by atoms with E-state index in [-0.39, 0.29) is 17.2 Å². The van der Waals surface area contributed by atoms with Crippen molar-refractivity contribution in [3.05, 3.63) is 29.8 Å². The summed E-state index contributed by atoms with van der Waals surface area (Å²) in [6, 6.07) is 7.94. The SMILES string of the molecule is CC(=O)N(CCCN(C)C)CCC(=O)Nc1ccc(C(C)(C)C)cc1. The Hall–Kier alpha value is -1.88. The molecule has 5 nitrogen and oxygen atoms in total. The van der Waals surface area contributed by atoms with Gasteiger partial charge < -0.3 is 15.1 Å². The van der Waals surface area contributed by atoms with Crippen molar-refractivity contribution in [2.75, 3.05) is 39.0 Å². The summed E-state index contributed by atoms with van der Waals surface area (Å²) >= 11 is 0. The van der Waals surface area contributed by atoms with Crippen LogP contribution in [0.25, 0.3) is 0 Å². The molecule has 1 aromatic carbocycles. The molecule has 0 atom stereocenters. The van der Waals surface area contributed by atoms with E-state index in [1.54, 1.807) is 11.8 Å². The number of carbonyl (C=O) groups excluding carboxylic acids is 2. The van der Waals surface area contributed by atoms with Gasteiger partial charge in [0.15, 0.2) is 0 Å². The monoisotopic (exact) mass is 347 g/mol. The molecule has 1 rings (SSSR count). The van der Waals surface area contributed by atoms with E-state index in [0.29, 0.717) is 19.5 Å². The average molecular weight is 348 g/mol. The van der Waals surface area contributed by atoms with E-state index >= 15 is 0 Å². The fraction of sp³-hybridized carbons (Fsp3) is 0.600. The minimum absolute atomic E-state index is 0.0149. The lowest BCUT2D eigenvalue weighted by atomic mass is 9.87. The van der Waals surface area contributed by atoms with Crippen LogP contribution in [0.3, 0.4) is 0 Å². The second-order valence-corrected chi connectivity index (χ2v) is 7.79. The molecule has 5 heteroatoms. The van der Waals surface area contributed by atoms with E-state index in [1.165, 1.54) is 5.56 Å². The zero-order valence-corrected chi connectivity index (χ0v) is 16.6. The molecule has 0 saturated carbocycles. The third-order valence-corrected chi connectivity index (χ3v) is 4.12. The van der Waals surface area contributed by atoms with E-state index in [1.807, 2.05) is 38.4 Å². The Morgan fingerprint density at radius 1 is 1.00 bits per heavy atom. The van der Waals surface area contributed by atoms with Gasteiger partial charge in [-0.05, 0) is 50.2 Å². The lowest BCUT2D eigenvalue weighted by molar-refractivity contribution is -0.129. The summed E-state index contributed by atoms with van der Waals surface area (Å²) in [7, 11) is 4.02. The van der Waals surface area contributed by atoms with E-state index in [0.717, 1.165) is 18.7 Å². The molecular weight excluding hydrogens is 314 g/mol. The van der Waals surface area contributed by atoms with Gasteiger partial charge in [0.05, 0.1) is 0 Å². The number of hydrogen-bond acceptors (Lipinski definition) is 3. The zero-order valence-electron chi connectivity index (χ0n) is 16.6. The van der Waals surface area contributed by atoms with Crippen molar-refractivity contribution in [1.82, 2.24) is 9.80 Å². The molecule has 140 valence electrons. The second-order valence-electron chi connectivity index (χ2n) is 7.79. The van der Waals surface area contributed by atoms with E-state index < -0.39 is 0 Å². The van der Waals surface area contributed by atoms with Crippen LogP contribution in [0.1, 0.15) is 46.1 Å². The first kappa shape index (κ1) is 21.2. The van der Waals surface area contributed by atoms with Gasteiger partial charge >= 0.3 is 0 Å². The molecule has 0 spiro atoms. The van der Waals surface area contributed by atoms with E-state index in [2.05, 4.69) is 31.0 Å². The second kappa shape index (κ2) is 9.56. The van der Waals surface area contributed by atoms with Gasteiger partial charge in [-0.25, -0.2) is 0 Å². The smallest absolute Gasteiger partial charge is 0.226 e. The molecule has 1 aromatic rings. The Labute approximate surface area is 152 Å². The summed E-state index contributed by atoms with van der Waals surface area (Å²) in [6.45, 7) is 10.1. The van der Waals surface area contributed by atoms with Crippen LogP contribution in [0.2, 0.25) is 0 Å². The van der Waals surface area contributed by atoms with Crippen molar-refractivity contribution < 1.29 is 9.59 Å². The molecule has 0 bridgehead atoms. The average Bonchev–Trinajstić information content (AvgIpc) is 2.49. The van der Waals surface area contributed by atoms with Crippen molar-refractivity contribution in [2.24, 2.45) is 0 Å². The van der Waals surface area contributed by atoms with Gasteiger partial charge in [0.1, 0.15) is 0 Å². The van der Waals surface area contributed by atoms with Gasteiger partial charge in [0.25, 0.3) is 0 Å². The number of nitrogens with one attached hydrogen (secondary N) is 1. The van der Waals surface area contributed by atoms with Crippen molar-refractivity contribution in [3.8, 4) is 0 Å². The third-order valence-electron chi connectivity index (χ3n) is 4.12. The molecule has 25 heavy (non-hydrogen) atoms. The molecule has 0 fully saturated rings. The molecule has 0 aliphatic carbocycles. The standard InChI is InChI=1S/C20H33N3O2/c1-16(24)23(14-7-13-22(5)6)15-12-19(25)21-18-10-8-17(9-11-18)20(2,3)4/h8-11H,7,12-15H2,1-6H3,(H,21,25). The molecule has 0 aliphatic heterocycles. The Morgan fingerprint density at radius 3 is 2.08 bits per heavy atom. The van der Waals surface area contributed by atoms with Crippen LogP contribution in [0, 0.1) is 0 Å². The summed E-state index contributed by atoms with van der Waals surface area (Å²) in [5.74, 6) is -0.0524. The van der Waals surface area contributed by atoms with Crippen LogP contribution in [0.15, 0.2) is 24.3 Å². The summed E-state index contributed by atoms with van der Waals surface area (Å²) < 4.78 is 0. The summed E-state index contributed by atoms with van der Waals surface area (Å²) in [5.41, 5.74) is 2.12. The first-order valence-corrected chi connectivity index (χ1v) is 8.90. The molecule has 1 N–H and O–H groups in total. The minimum atomic E-state index is -0.0673. The van der Waals surface area contributed by atoms with Gasteiger partial charge in [0, 0.05) is 32.1 Å². The number of anilines is 1. The summed E-state index contributed by atoms with van der Waals surface area (Å²) in [5, 5.41) is 2.90. The van der Waals surface area contributed by atoms with Gasteiger partial charge in [-0.15, -0.1) is 0 Å². The van der Waals surface area contributed by atoms with Crippen LogP contribution < -0.4 is 5.32 Å². The molecular formula is C20H33N3O2. The van der Waals surface area contributed by atoms with Crippen LogP contribution in [-0.2, 0) is 15.0 Å². The summed E-state index contributed by atoms with van der Waals surface area (Å²) in [6.07, 6.45) is 1.21. The number of benzene rings is 1. The molecule has 0 aromatic heterocycles. The van der Waals surface area contributed by atoms with Crippen molar-refractivity contribution in [2.45, 2.75) is 46.0 Å². The molecule has 2 amide bonds. The zero-order chi connectivity index (χ0) is 19.0. The van der Waals surface area contributed by atoms with E-state index in [9.17, 15) is 9.59 Å². The molecule has 0 saturated heterocycles. The number of rotatable bonds is 8. The topological polar surface area (TPSA) is 52.7 Å². The number of carbonyl (C=O) groups is 2. The highest BCUT2D eigenvalue weighted by molar-refractivity contribution is 5.91. The van der Waals surface area contributed by atoms with Crippen LogP contribution >= 0.6 is 0 Å². The fourth-order valence-corrected chi connectivity index (χ4v) is 2.52. The predicted octanol–water partition coefficient (Wildman–Crippen LogP) is 3.11. The molecule has 0 unspecified atom stereocenters. The third kappa shape index (κ3) is 8.16. The molecule has 0 radical (unpaired) electrons. The van der Waals surface area contributed by atoms with Crippen molar-refractivity contribution >= 4 is 17.5 Å². The maximum atomic E-state index is 12.1. The van der Waals surface area contributed by atoms with Crippen LogP contribution in [0.4, 0.5) is 5.69 Å². The predicted molar refractivity (Wildman–Crippen MR) is 104 cm³/mol. The lowest BCUT2D eigenvalue weighted by Crippen LogP contribution is -2.34. The lowest BCUT2D eigenvalue weighted by Gasteiger charge is -2.22. The fourth-order valence-electron chi connectivity index (χ4n) is 2.52. The normalized spacial score (nSPS) is 11.5. The Morgan fingerprint density at radius 2 is 1.60 bits per heavy atom. The quantitative estimate of drug-likeness (QED) is 0.786. The van der Waals surface area contributed by atoms with Gasteiger partial charge in [0.2, 0.25) is 11.8 Å². The Kier molecular flexibility index (Phi) is 8.10. The van der Waals surface area contributed by atoms with Gasteiger partial charge in [-0.1, -0.05) is 32.9 Å². The Bertz CT molecular complexity index is 559.